The lowest BCUT2D eigenvalue weighted by atomic mass is 9.95. The van der Waals surface area contributed by atoms with Gasteiger partial charge in [-0.05, 0) is 61.0 Å². The van der Waals surface area contributed by atoms with Crippen LogP contribution in [0.2, 0.25) is 0 Å². The van der Waals surface area contributed by atoms with Gasteiger partial charge < -0.3 is 14.6 Å². The number of aliphatic hydroxyl groups is 1. The number of hydrogen-bond donors (Lipinski definition) is 1. The van der Waals surface area contributed by atoms with Crippen LogP contribution in [0.4, 0.5) is 5.69 Å². The van der Waals surface area contributed by atoms with Crippen LogP contribution in [0.1, 0.15) is 24.1 Å². The van der Waals surface area contributed by atoms with Crippen molar-refractivity contribution in [1.29, 1.82) is 0 Å². The van der Waals surface area contributed by atoms with Gasteiger partial charge in [0.1, 0.15) is 17.3 Å². The number of carbonyl (C=O) groups excluding carboxylic acids is 2. The Morgan fingerprint density at radius 3 is 2.12 bits per heavy atom. The summed E-state index contributed by atoms with van der Waals surface area (Å²) >= 11 is 0. The van der Waals surface area contributed by atoms with E-state index in [1.165, 1.54) is 4.90 Å². The zero-order valence-electron chi connectivity index (χ0n) is 17.8. The van der Waals surface area contributed by atoms with E-state index in [1.54, 1.807) is 79.9 Å². The molecule has 32 heavy (non-hydrogen) atoms. The van der Waals surface area contributed by atoms with Crippen molar-refractivity contribution in [2.75, 3.05) is 18.6 Å². The van der Waals surface area contributed by atoms with Gasteiger partial charge in [-0.3, -0.25) is 14.5 Å². The maximum Gasteiger partial charge on any atom is 0.300 e. The molecule has 0 bridgehead atoms. The fourth-order valence-corrected chi connectivity index (χ4v) is 3.82. The minimum absolute atomic E-state index is 0.0354. The molecule has 1 N–H and O–H groups in total. The Morgan fingerprint density at radius 1 is 0.906 bits per heavy atom. The Morgan fingerprint density at radius 2 is 1.53 bits per heavy atom. The van der Waals surface area contributed by atoms with Gasteiger partial charge in [-0.1, -0.05) is 30.3 Å². The van der Waals surface area contributed by atoms with E-state index in [2.05, 4.69) is 0 Å². The monoisotopic (exact) mass is 429 g/mol. The van der Waals surface area contributed by atoms with Crippen molar-refractivity contribution >= 4 is 23.1 Å². The Kier molecular flexibility index (Phi) is 5.94. The third kappa shape index (κ3) is 3.83. The number of carbonyl (C=O) groups is 2. The number of methoxy groups -OCH3 is 1. The van der Waals surface area contributed by atoms with Gasteiger partial charge in [-0.15, -0.1) is 0 Å². The summed E-state index contributed by atoms with van der Waals surface area (Å²) in [5, 5.41) is 11.1. The number of aliphatic hydroxyl groups excluding tert-OH is 1. The highest BCUT2D eigenvalue weighted by molar-refractivity contribution is 6.51. The van der Waals surface area contributed by atoms with Gasteiger partial charge in [0.15, 0.2) is 0 Å². The number of Topliss-reactive ketones (excluding diaryl/α,β-unsaturated/α-hetero) is 1. The topological polar surface area (TPSA) is 76.1 Å². The molecule has 0 aromatic heterocycles. The highest BCUT2D eigenvalue weighted by Gasteiger charge is 2.46. The molecular weight excluding hydrogens is 406 g/mol. The minimum Gasteiger partial charge on any atom is -0.507 e. The van der Waals surface area contributed by atoms with Gasteiger partial charge in [0, 0.05) is 11.3 Å². The molecule has 6 nitrogen and oxygen atoms in total. The zero-order valence-corrected chi connectivity index (χ0v) is 17.8. The van der Waals surface area contributed by atoms with E-state index in [4.69, 9.17) is 9.47 Å². The molecule has 1 unspecified atom stereocenters. The lowest BCUT2D eigenvalue weighted by Gasteiger charge is -2.25. The number of benzene rings is 3. The molecule has 1 atom stereocenters. The highest BCUT2D eigenvalue weighted by atomic mass is 16.5. The number of ether oxygens (including phenoxy) is 2. The lowest BCUT2D eigenvalue weighted by Crippen LogP contribution is -2.29. The van der Waals surface area contributed by atoms with Gasteiger partial charge in [0.25, 0.3) is 11.7 Å². The van der Waals surface area contributed by atoms with E-state index in [-0.39, 0.29) is 11.3 Å². The molecule has 1 heterocycles. The predicted octanol–water partition coefficient (Wildman–Crippen LogP) is 4.72. The quantitative estimate of drug-likeness (QED) is 0.349. The summed E-state index contributed by atoms with van der Waals surface area (Å²) in [6, 6.07) is 22.0. The molecule has 0 spiro atoms. The van der Waals surface area contributed by atoms with Crippen LogP contribution >= 0.6 is 0 Å². The first-order valence-electron chi connectivity index (χ1n) is 10.3. The Hall–Kier alpha value is -4.06. The summed E-state index contributed by atoms with van der Waals surface area (Å²) < 4.78 is 10.7. The van der Waals surface area contributed by atoms with Crippen LogP contribution in [0, 0.1) is 0 Å². The Balaban J connectivity index is 1.87. The summed E-state index contributed by atoms with van der Waals surface area (Å²) in [7, 11) is 1.57. The van der Waals surface area contributed by atoms with Gasteiger partial charge in [0.2, 0.25) is 0 Å². The summed E-state index contributed by atoms with van der Waals surface area (Å²) in [6.07, 6.45) is 0. The summed E-state index contributed by atoms with van der Waals surface area (Å²) in [5.74, 6) is -0.353. The van der Waals surface area contributed by atoms with E-state index in [9.17, 15) is 14.7 Å². The summed E-state index contributed by atoms with van der Waals surface area (Å²) in [6.45, 7) is 2.40. The standard InChI is InChI=1S/C26H23NO5/c1-3-32-21-15-11-18(12-16-21)24(28)22-23(17-9-13-20(31-2)14-10-17)27(26(30)25(22)29)19-7-5-4-6-8-19/h4-16,23,28H,3H2,1-2H3/b24-22-. The molecule has 0 aliphatic carbocycles. The molecule has 3 aromatic rings. The number of anilines is 1. The highest BCUT2D eigenvalue weighted by Crippen LogP contribution is 2.42. The van der Waals surface area contributed by atoms with Crippen molar-refractivity contribution in [3.8, 4) is 11.5 Å². The predicted molar refractivity (Wildman–Crippen MR) is 122 cm³/mol. The number of nitrogens with zero attached hydrogens (tertiary/aromatic N) is 1. The van der Waals surface area contributed by atoms with Crippen molar-refractivity contribution < 1.29 is 24.2 Å². The van der Waals surface area contributed by atoms with Crippen molar-refractivity contribution in [2.24, 2.45) is 0 Å². The van der Waals surface area contributed by atoms with Crippen LogP contribution in [0.5, 0.6) is 11.5 Å². The number of ketones is 1. The molecule has 1 aliphatic rings. The molecule has 0 radical (unpaired) electrons. The smallest absolute Gasteiger partial charge is 0.300 e. The van der Waals surface area contributed by atoms with Crippen molar-refractivity contribution in [1.82, 2.24) is 0 Å². The molecule has 6 heteroatoms. The number of hydrogen-bond acceptors (Lipinski definition) is 5. The van der Waals surface area contributed by atoms with E-state index in [1.807, 2.05) is 13.0 Å². The van der Waals surface area contributed by atoms with Gasteiger partial charge in [-0.25, -0.2) is 0 Å². The van der Waals surface area contributed by atoms with Crippen LogP contribution in [0.3, 0.4) is 0 Å². The second-order valence-corrected chi connectivity index (χ2v) is 7.24. The fraction of sp³-hybridized carbons (Fsp3) is 0.154. The molecule has 1 aliphatic heterocycles. The van der Waals surface area contributed by atoms with Crippen molar-refractivity contribution in [3.63, 3.8) is 0 Å². The SMILES string of the molecule is CCOc1ccc(/C(O)=C2/C(=O)C(=O)N(c3ccccc3)C2c2ccc(OC)cc2)cc1. The molecular formula is C26H23NO5. The third-order valence-electron chi connectivity index (χ3n) is 5.35. The average Bonchev–Trinajstić information content (AvgIpc) is 3.10. The van der Waals surface area contributed by atoms with Crippen LogP contribution in [0.25, 0.3) is 5.76 Å². The molecule has 162 valence electrons. The molecule has 3 aromatic carbocycles. The molecule has 0 saturated carbocycles. The number of para-hydroxylation sites is 1. The van der Waals surface area contributed by atoms with Crippen molar-refractivity contribution in [2.45, 2.75) is 13.0 Å². The van der Waals surface area contributed by atoms with E-state index in [0.29, 0.717) is 34.9 Å². The molecule has 1 saturated heterocycles. The first-order chi connectivity index (χ1) is 15.5. The summed E-state index contributed by atoms with van der Waals surface area (Å²) in [5.41, 5.74) is 1.72. The average molecular weight is 429 g/mol. The van der Waals surface area contributed by atoms with Crippen LogP contribution < -0.4 is 14.4 Å². The second kappa shape index (κ2) is 8.98. The minimum atomic E-state index is -0.783. The van der Waals surface area contributed by atoms with E-state index >= 15 is 0 Å². The van der Waals surface area contributed by atoms with Crippen molar-refractivity contribution in [3.05, 3.63) is 95.6 Å². The van der Waals surface area contributed by atoms with Gasteiger partial charge >= 0.3 is 0 Å². The number of amides is 1. The van der Waals surface area contributed by atoms with E-state index in [0.717, 1.165) is 0 Å². The molecule has 1 fully saturated rings. The van der Waals surface area contributed by atoms with Gasteiger partial charge in [0.05, 0.1) is 25.3 Å². The molecule has 1 amide bonds. The van der Waals surface area contributed by atoms with Gasteiger partial charge in [-0.2, -0.15) is 0 Å². The first-order valence-corrected chi connectivity index (χ1v) is 10.3. The maximum absolute atomic E-state index is 13.1. The van der Waals surface area contributed by atoms with Crippen LogP contribution in [0.15, 0.2) is 84.4 Å². The summed E-state index contributed by atoms with van der Waals surface area (Å²) in [4.78, 5) is 27.6. The van der Waals surface area contributed by atoms with Crippen LogP contribution in [-0.4, -0.2) is 30.5 Å². The third-order valence-corrected chi connectivity index (χ3v) is 5.35. The Labute approximate surface area is 186 Å². The molecule has 4 rings (SSSR count). The number of rotatable bonds is 6. The lowest BCUT2D eigenvalue weighted by molar-refractivity contribution is -0.132. The second-order valence-electron chi connectivity index (χ2n) is 7.24. The van der Waals surface area contributed by atoms with Crippen LogP contribution in [-0.2, 0) is 9.59 Å². The first kappa shape index (κ1) is 21.2. The normalized spacial score (nSPS) is 17.4. The van der Waals surface area contributed by atoms with E-state index < -0.39 is 17.7 Å². The zero-order chi connectivity index (χ0) is 22.7. The maximum atomic E-state index is 13.1. The fourth-order valence-electron chi connectivity index (χ4n) is 3.82. The Bertz CT molecular complexity index is 1150. The largest absolute Gasteiger partial charge is 0.507 e.